The van der Waals surface area contributed by atoms with Gasteiger partial charge in [-0.15, -0.1) is 0 Å². The van der Waals surface area contributed by atoms with Crippen LogP contribution < -0.4 is 10.9 Å². The van der Waals surface area contributed by atoms with Crippen molar-refractivity contribution in [1.82, 2.24) is 14.8 Å². The van der Waals surface area contributed by atoms with Gasteiger partial charge in [0, 0.05) is 43.9 Å². The number of benzene rings is 1. The van der Waals surface area contributed by atoms with Crippen LogP contribution in [-0.4, -0.2) is 27.7 Å². The average Bonchev–Trinajstić information content (AvgIpc) is 2.61. The van der Waals surface area contributed by atoms with Gasteiger partial charge in [-0.05, 0) is 36.2 Å². The smallest absolute Gasteiger partial charge is 0.250 e. The number of thiocarbonyl (C=S) groups is 1. The quantitative estimate of drug-likeness (QED) is 0.852. The SMILES string of the molecule is O=c1cccc2n1CC1CC2CN(C(=S)NCc2ccccc2)C1. The van der Waals surface area contributed by atoms with Crippen LogP contribution in [0.1, 0.15) is 23.6 Å². The highest BCUT2D eigenvalue weighted by Gasteiger charge is 2.35. The molecule has 2 aromatic rings. The summed E-state index contributed by atoms with van der Waals surface area (Å²) in [5, 5.41) is 4.20. The fourth-order valence-electron chi connectivity index (χ4n) is 3.95. The van der Waals surface area contributed by atoms with Crippen LogP contribution in [0.2, 0.25) is 0 Å². The fraction of sp³-hybridized carbons (Fsp3) is 0.368. The minimum Gasteiger partial charge on any atom is -0.358 e. The number of hydrogen-bond donors (Lipinski definition) is 1. The van der Waals surface area contributed by atoms with Gasteiger partial charge in [0.25, 0.3) is 5.56 Å². The Morgan fingerprint density at radius 3 is 2.75 bits per heavy atom. The molecule has 0 aliphatic carbocycles. The summed E-state index contributed by atoms with van der Waals surface area (Å²) in [6.07, 6.45) is 1.15. The van der Waals surface area contributed by atoms with Crippen molar-refractivity contribution < 1.29 is 0 Å². The van der Waals surface area contributed by atoms with E-state index in [0.29, 0.717) is 11.8 Å². The molecule has 3 heterocycles. The molecule has 2 aliphatic heterocycles. The van der Waals surface area contributed by atoms with Gasteiger partial charge in [-0.1, -0.05) is 36.4 Å². The third-order valence-corrected chi connectivity index (χ3v) is 5.46. The van der Waals surface area contributed by atoms with Crippen molar-refractivity contribution >= 4 is 17.3 Å². The third-order valence-electron chi connectivity index (χ3n) is 5.05. The number of aromatic nitrogens is 1. The largest absolute Gasteiger partial charge is 0.358 e. The second-order valence-corrected chi connectivity index (χ2v) is 7.13. The topological polar surface area (TPSA) is 37.3 Å². The standard InChI is InChI=1S/C19H21N3OS/c23-18-8-4-7-17-16-9-15(12-22(17)18)11-21(13-16)19(24)20-10-14-5-2-1-3-6-14/h1-8,15-16H,9-13H2,(H,20,24). The molecule has 124 valence electrons. The number of pyridine rings is 1. The molecule has 1 aromatic carbocycles. The summed E-state index contributed by atoms with van der Waals surface area (Å²) < 4.78 is 1.95. The number of nitrogens with one attached hydrogen (secondary N) is 1. The predicted octanol–water partition coefficient (Wildman–Crippen LogP) is 2.34. The lowest BCUT2D eigenvalue weighted by molar-refractivity contribution is 0.177. The van der Waals surface area contributed by atoms with Crippen molar-refractivity contribution in [2.24, 2.45) is 5.92 Å². The Kier molecular flexibility index (Phi) is 4.10. The van der Waals surface area contributed by atoms with Crippen LogP contribution in [0.5, 0.6) is 0 Å². The minimum atomic E-state index is 0.125. The van der Waals surface area contributed by atoms with E-state index in [1.165, 1.54) is 5.56 Å². The van der Waals surface area contributed by atoms with Gasteiger partial charge in [0.1, 0.15) is 0 Å². The van der Waals surface area contributed by atoms with Crippen LogP contribution in [0.15, 0.2) is 53.3 Å². The molecule has 0 amide bonds. The highest BCUT2D eigenvalue weighted by Crippen LogP contribution is 2.34. The zero-order chi connectivity index (χ0) is 16.5. The molecule has 4 nitrogen and oxygen atoms in total. The number of nitrogens with zero attached hydrogens (tertiary/aromatic N) is 2. The molecule has 24 heavy (non-hydrogen) atoms. The van der Waals surface area contributed by atoms with E-state index in [1.54, 1.807) is 6.07 Å². The Morgan fingerprint density at radius 1 is 1.08 bits per heavy atom. The first kappa shape index (κ1) is 15.4. The van der Waals surface area contributed by atoms with E-state index in [9.17, 15) is 4.79 Å². The monoisotopic (exact) mass is 339 g/mol. The average molecular weight is 339 g/mol. The maximum atomic E-state index is 12.1. The summed E-state index contributed by atoms with van der Waals surface area (Å²) >= 11 is 5.62. The van der Waals surface area contributed by atoms with Crippen LogP contribution in [0.4, 0.5) is 0 Å². The summed E-state index contributed by atoms with van der Waals surface area (Å²) in [6.45, 7) is 3.38. The van der Waals surface area contributed by atoms with E-state index >= 15 is 0 Å². The lowest BCUT2D eigenvalue weighted by Gasteiger charge is -2.43. The molecule has 0 saturated carbocycles. The highest BCUT2D eigenvalue weighted by molar-refractivity contribution is 7.80. The van der Waals surface area contributed by atoms with Gasteiger partial charge in [-0.25, -0.2) is 0 Å². The van der Waals surface area contributed by atoms with Crippen LogP contribution in [0.25, 0.3) is 0 Å². The molecule has 2 bridgehead atoms. The molecular formula is C19H21N3OS. The fourth-order valence-corrected chi connectivity index (χ4v) is 4.17. The third kappa shape index (κ3) is 2.96. The number of fused-ring (bicyclic) bond motifs is 4. The van der Waals surface area contributed by atoms with Gasteiger partial charge < -0.3 is 14.8 Å². The summed E-state index contributed by atoms with van der Waals surface area (Å²) in [6, 6.07) is 15.9. The first-order chi connectivity index (χ1) is 11.7. The van der Waals surface area contributed by atoms with Crippen LogP contribution in [-0.2, 0) is 13.1 Å². The van der Waals surface area contributed by atoms with Crippen molar-refractivity contribution in [3.05, 3.63) is 70.1 Å². The molecule has 0 radical (unpaired) electrons. The van der Waals surface area contributed by atoms with Crippen molar-refractivity contribution in [1.29, 1.82) is 0 Å². The Balaban J connectivity index is 1.46. The lowest BCUT2D eigenvalue weighted by Crippen LogP contribution is -2.51. The van der Waals surface area contributed by atoms with Crippen molar-refractivity contribution in [3.8, 4) is 0 Å². The van der Waals surface area contributed by atoms with Crippen LogP contribution >= 0.6 is 12.2 Å². The van der Waals surface area contributed by atoms with Crippen LogP contribution in [0.3, 0.4) is 0 Å². The lowest BCUT2D eigenvalue weighted by atomic mass is 9.83. The molecule has 0 spiro atoms. The van der Waals surface area contributed by atoms with E-state index in [-0.39, 0.29) is 5.56 Å². The van der Waals surface area contributed by atoms with Gasteiger partial charge in [-0.2, -0.15) is 0 Å². The maximum Gasteiger partial charge on any atom is 0.250 e. The Bertz CT molecular complexity index is 802. The number of likely N-dealkylation sites (tertiary alicyclic amines) is 1. The second kappa shape index (κ2) is 6.40. The predicted molar refractivity (Wildman–Crippen MR) is 99.0 cm³/mol. The number of rotatable bonds is 2. The maximum absolute atomic E-state index is 12.1. The van der Waals surface area contributed by atoms with E-state index in [1.807, 2.05) is 28.8 Å². The molecule has 1 saturated heterocycles. The van der Waals surface area contributed by atoms with E-state index in [4.69, 9.17) is 12.2 Å². The van der Waals surface area contributed by atoms with E-state index in [0.717, 1.165) is 43.4 Å². The highest BCUT2D eigenvalue weighted by atomic mass is 32.1. The summed E-state index contributed by atoms with van der Waals surface area (Å²) in [5.74, 6) is 0.885. The zero-order valence-corrected chi connectivity index (χ0v) is 14.3. The molecule has 1 fully saturated rings. The number of hydrogen-bond acceptors (Lipinski definition) is 2. The Hall–Kier alpha value is -2.14. The summed E-state index contributed by atoms with van der Waals surface area (Å²) in [4.78, 5) is 14.4. The minimum absolute atomic E-state index is 0.125. The molecule has 5 heteroatoms. The Morgan fingerprint density at radius 2 is 1.92 bits per heavy atom. The van der Waals surface area contributed by atoms with Crippen molar-refractivity contribution in [3.63, 3.8) is 0 Å². The van der Waals surface area contributed by atoms with Gasteiger partial charge in [0.2, 0.25) is 0 Å². The van der Waals surface area contributed by atoms with Gasteiger partial charge in [0.05, 0.1) is 0 Å². The first-order valence-corrected chi connectivity index (χ1v) is 8.88. The second-order valence-electron chi connectivity index (χ2n) is 6.75. The molecule has 1 aromatic heterocycles. The van der Waals surface area contributed by atoms with Gasteiger partial charge in [-0.3, -0.25) is 4.79 Å². The summed E-state index contributed by atoms with van der Waals surface area (Å²) in [7, 11) is 0. The molecule has 2 unspecified atom stereocenters. The molecule has 2 atom stereocenters. The number of piperidine rings is 1. The zero-order valence-electron chi connectivity index (χ0n) is 13.5. The molecule has 1 N–H and O–H groups in total. The molecule has 4 rings (SSSR count). The molecule has 2 aliphatic rings. The van der Waals surface area contributed by atoms with Crippen molar-refractivity contribution in [2.45, 2.75) is 25.4 Å². The van der Waals surface area contributed by atoms with Crippen molar-refractivity contribution in [2.75, 3.05) is 13.1 Å². The van der Waals surface area contributed by atoms with E-state index in [2.05, 4.69) is 28.4 Å². The summed E-state index contributed by atoms with van der Waals surface area (Å²) in [5.41, 5.74) is 2.52. The van der Waals surface area contributed by atoms with Crippen LogP contribution in [0, 0.1) is 5.92 Å². The van der Waals surface area contributed by atoms with Gasteiger partial charge in [0.15, 0.2) is 5.11 Å². The molecular weight excluding hydrogens is 318 g/mol. The normalized spacial score (nSPS) is 21.9. The van der Waals surface area contributed by atoms with Gasteiger partial charge >= 0.3 is 0 Å². The first-order valence-electron chi connectivity index (χ1n) is 8.47. The van der Waals surface area contributed by atoms with E-state index < -0.39 is 0 Å². The Labute approximate surface area is 147 Å².